The molecule has 4 heterocycles. The Bertz CT molecular complexity index is 1520. The Labute approximate surface area is 204 Å². The molecular weight excluding hydrogens is 466 g/mol. The third-order valence-electron chi connectivity index (χ3n) is 5.64. The van der Waals surface area contributed by atoms with Gasteiger partial charge in [-0.25, -0.2) is 4.98 Å². The highest BCUT2D eigenvalue weighted by molar-refractivity contribution is 7.15. The van der Waals surface area contributed by atoms with Crippen LogP contribution in [0.2, 0.25) is 0 Å². The molecule has 0 spiro atoms. The van der Waals surface area contributed by atoms with E-state index in [9.17, 15) is 14.7 Å². The molecule has 0 radical (unpaired) electrons. The molecule has 3 aromatic heterocycles. The van der Waals surface area contributed by atoms with Gasteiger partial charge in [0.25, 0.3) is 5.78 Å². The predicted octanol–water partition coefficient (Wildman–Crippen LogP) is 3.99. The number of amides is 1. The number of pyridine rings is 1. The monoisotopic (exact) mass is 487 g/mol. The molecule has 0 saturated carbocycles. The van der Waals surface area contributed by atoms with E-state index >= 15 is 0 Å². The zero-order valence-electron chi connectivity index (χ0n) is 19.0. The molecule has 35 heavy (non-hydrogen) atoms. The first-order valence-corrected chi connectivity index (χ1v) is 11.6. The van der Waals surface area contributed by atoms with E-state index in [1.165, 1.54) is 16.2 Å². The van der Waals surface area contributed by atoms with Crippen LogP contribution < -0.4 is 9.64 Å². The van der Waals surface area contributed by atoms with Crippen molar-refractivity contribution < 1.29 is 19.4 Å². The molecule has 176 valence electrons. The number of hydrogen-bond acceptors (Lipinski definition) is 8. The molecule has 1 fully saturated rings. The van der Waals surface area contributed by atoms with E-state index in [2.05, 4.69) is 21.8 Å². The van der Waals surface area contributed by atoms with Crippen molar-refractivity contribution in [2.45, 2.75) is 19.9 Å². The van der Waals surface area contributed by atoms with Crippen LogP contribution >= 0.6 is 11.3 Å². The average Bonchev–Trinajstić information content (AvgIpc) is 3.50. The lowest BCUT2D eigenvalue weighted by molar-refractivity contribution is -0.132. The number of ether oxygens (including phenoxy) is 1. The van der Waals surface area contributed by atoms with Crippen LogP contribution in [0.5, 0.6) is 5.75 Å². The van der Waals surface area contributed by atoms with Crippen LogP contribution in [0.4, 0.5) is 5.13 Å². The second-order valence-electron chi connectivity index (χ2n) is 7.92. The molecule has 1 amide bonds. The topological polar surface area (TPSA) is 110 Å². The number of Topliss-reactive ketones (excluding diaryl/α,β-unsaturated/α-hetero) is 1. The van der Waals surface area contributed by atoms with Gasteiger partial charge in [0, 0.05) is 6.20 Å². The molecule has 5 rings (SSSR count). The number of benzene rings is 1. The lowest BCUT2D eigenvalue weighted by atomic mass is 9.96. The first kappa shape index (κ1) is 22.5. The van der Waals surface area contributed by atoms with Gasteiger partial charge in [0.2, 0.25) is 5.13 Å². The standard InChI is InChI=1S/C25H21N5O4S/c1-4-12-34-17-9-7-8-16(13-17)21-19(23(32)24(33)30(21)25-28-27-15(3)35-25)22(31)20-14(2)26-18-10-5-6-11-29(18)20/h4-11,13,21,31H,1,12H2,2-3H3. The molecule has 1 aliphatic rings. The third kappa shape index (κ3) is 3.77. The fraction of sp³-hybridized carbons (Fsp3) is 0.160. The summed E-state index contributed by atoms with van der Waals surface area (Å²) < 4.78 is 7.36. The summed E-state index contributed by atoms with van der Waals surface area (Å²) in [7, 11) is 0. The number of anilines is 1. The number of carbonyl (C=O) groups is 2. The number of aliphatic hydroxyl groups is 1. The molecule has 0 bridgehead atoms. The van der Waals surface area contributed by atoms with Crippen LogP contribution in [-0.4, -0.2) is 43.0 Å². The number of aryl methyl sites for hydroxylation is 2. The largest absolute Gasteiger partial charge is 0.505 e. The van der Waals surface area contributed by atoms with Gasteiger partial charge in [-0.1, -0.05) is 42.2 Å². The highest BCUT2D eigenvalue weighted by atomic mass is 32.1. The highest BCUT2D eigenvalue weighted by Crippen LogP contribution is 2.43. The fourth-order valence-corrected chi connectivity index (χ4v) is 4.90. The molecule has 1 unspecified atom stereocenters. The van der Waals surface area contributed by atoms with Gasteiger partial charge in [0.05, 0.1) is 17.3 Å². The minimum Gasteiger partial charge on any atom is -0.505 e. The number of aromatic nitrogens is 4. The predicted molar refractivity (Wildman–Crippen MR) is 131 cm³/mol. The normalized spacial score (nSPS) is 17.3. The minimum absolute atomic E-state index is 0.0579. The zero-order chi connectivity index (χ0) is 24.7. The van der Waals surface area contributed by atoms with Crippen LogP contribution in [0.3, 0.4) is 0 Å². The van der Waals surface area contributed by atoms with Crippen molar-refractivity contribution in [2.75, 3.05) is 11.5 Å². The van der Waals surface area contributed by atoms with Gasteiger partial charge in [-0.05, 0) is 43.7 Å². The zero-order valence-corrected chi connectivity index (χ0v) is 19.8. The molecule has 9 nitrogen and oxygen atoms in total. The van der Waals surface area contributed by atoms with Crippen LogP contribution in [0.15, 0.2) is 66.9 Å². The van der Waals surface area contributed by atoms with E-state index in [1.807, 2.05) is 6.07 Å². The molecular formula is C25H21N5O4S. The van der Waals surface area contributed by atoms with Crippen molar-refractivity contribution in [3.8, 4) is 5.75 Å². The number of carbonyl (C=O) groups excluding carboxylic acids is 2. The Morgan fingerprint density at radius 2 is 2.03 bits per heavy atom. The summed E-state index contributed by atoms with van der Waals surface area (Å²) in [6.07, 6.45) is 3.36. The van der Waals surface area contributed by atoms with Gasteiger partial charge < -0.3 is 9.84 Å². The summed E-state index contributed by atoms with van der Waals surface area (Å²) in [5.41, 5.74) is 1.99. The van der Waals surface area contributed by atoms with E-state index in [0.29, 0.717) is 40.0 Å². The molecule has 1 aromatic carbocycles. The van der Waals surface area contributed by atoms with Gasteiger partial charge in [-0.15, -0.1) is 10.2 Å². The molecule has 1 saturated heterocycles. The molecule has 4 aromatic rings. The number of fused-ring (bicyclic) bond motifs is 1. The molecule has 1 atom stereocenters. The number of hydrogen-bond donors (Lipinski definition) is 1. The van der Waals surface area contributed by atoms with E-state index in [1.54, 1.807) is 66.9 Å². The molecule has 1 N–H and O–H groups in total. The highest BCUT2D eigenvalue weighted by Gasteiger charge is 2.48. The Morgan fingerprint density at radius 1 is 1.20 bits per heavy atom. The first-order valence-electron chi connectivity index (χ1n) is 10.8. The van der Waals surface area contributed by atoms with Crippen molar-refractivity contribution in [3.05, 3.63) is 88.8 Å². The summed E-state index contributed by atoms with van der Waals surface area (Å²) >= 11 is 1.19. The van der Waals surface area contributed by atoms with Gasteiger partial charge in [-0.3, -0.25) is 18.9 Å². The number of ketones is 1. The van der Waals surface area contributed by atoms with Crippen LogP contribution in [0.1, 0.15) is 28.0 Å². The van der Waals surface area contributed by atoms with E-state index in [-0.39, 0.29) is 16.5 Å². The van der Waals surface area contributed by atoms with Gasteiger partial charge >= 0.3 is 5.91 Å². The lowest BCUT2D eigenvalue weighted by Gasteiger charge is -2.23. The van der Waals surface area contributed by atoms with Crippen molar-refractivity contribution >= 4 is 39.6 Å². The SMILES string of the molecule is C=CCOc1cccc(C2C(=C(O)c3c(C)nc4ccccn34)C(=O)C(=O)N2c2nnc(C)s2)c1. The minimum atomic E-state index is -0.941. The smallest absolute Gasteiger partial charge is 0.301 e. The van der Waals surface area contributed by atoms with Gasteiger partial charge in [0.1, 0.15) is 28.7 Å². The van der Waals surface area contributed by atoms with Crippen LogP contribution in [0, 0.1) is 13.8 Å². The summed E-state index contributed by atoms with van der Waals surface area (Å²) in [4.78, 5) is 32.5. The Morgan fingerprint density at radius 3 is 2.77 bits per heavy atom. The van der Waals surface area contributed by atoms with Crippen molar-refractivity contribution in [3.63, 3.8) is 0 Å². The Hall–Kier alpha value is -4.31. The molecule has 10 heteroatoms. The number of imidazole rings is 1. The van der Waals surface area contributed by atoms with Crippen LogP contribution in [0.25, 0.3) is 11.4 Å². The summed E-state index contributed by atoms with van der Waals surface area (Å²) in [6, 6.07) is 11.5. The maximum atomic E-state index is 13.4. The van der Waals surface area contributed by atoms with E-state index in [4.69, 9.17) is 4.74 Å². The number of nitrogens with zero attached hydrogens (tertiary/aromatic N) is 5. The summed E-state index contributed by atoms with van der Waals surface area (Å²) in [5, 5.41) is 20.6. The maximum absolute atomic E-state index is 13.4. The summed E-state index contributed by atoms with van der Waals surface area (Å²) in [5.74, 6) is -1.39. The lowest BCUT2D eigenvalue weighted by Crippen LogP contribution is -2.29. The first-order chi connectivity index (χ1) is 16.9. The second-order valence-corrected chi connectivity index (χ2v) is 9.08. The fourth-order valence-electron chi connectivity index (χ4n) is 4.18. The van der Waals surface area contributed by atoms with Gasteiger partial charge in [0.15, 0.2) is 5.76 Å². The quantitative estimate of drug-likeness (QED) is 0.189. The Kier molecular flexibility index (Phi) is 5.65. The van der Waals surface area contributed by atoms with Gasteiger partial charge in [-0.2, -0.15) is 0 Å². The average molecular weight is 488 g/mol. The van der Waals surface area contributed by atoms with Crippen molar-refractivity contribution in [1.82, 2.24) is 19.6 Å². The van der Waals surface area contributed by atoms with Crippen LogP contribution in [-0.2, 0) is 9.59 Å². The van der Waals surface area contributed by atoms with E-state index in [0.717, 1.165) is 0 Å². The van der Waals surface area contributed by atoms with Crippen molar-refractivity contribution in [2.24, 2.45) is 0 Å². The molecule has 1 aliphatic heterocycles. The maximum Gasteiger partial charge on any atom is 0.301 e. The molecule has 0 aliphatic carbocycles. The second kappa shape index (κ2) is 8.80. The number of aliphatic hydroxyl groups excluding tert-OH is 1. The Balaban J connectivity index is 1.75. The summed E-state index contributed by atoms with van der Waals surface area (Å²) in [6.45, 7) is 7.46. The van der Waals surface area contributed by atoms with Crippen molar-refractivity contribution in [1.29, 1.82) is 0 Å². The third-order valence-corrected chi connectivity index (χ3v) is 6.47. The number of rotatable bonds is 6. The van der Waals surface area contributed by atoms with E-state index < -0.39 is 17.7 Å².